The zero-order valence-corrected chi connectivity index (χ0v) is 35.3. The fourth-order valence-electron chi connectivity index (χ4n) is 7.47. The van der Waals surface area contributed by atoms with Crippen LogP contribution in [0.1, 0.15) is 44.5 Å². The van der Waals surface area contributed by atoms with Gasteiger partial charge in [-0.3, -0.25) is 0 Å². The van der Waals surface area contributed by atoms with E-state index in [2.05, 4.69) is 140 Å². The highest BCUT2D eigenvalue weighted by Crippen LogP contribution is 2.48. The van der Waals surface area contributed by atoms with Crippen molar-refractivity contribution in [3.63, 3.8) is 0 Å². The molecule has 0 aliphatic carbocycles. The summed E-state index contributed by atoms with van der Waals surface area (Å²) in [4.78, 5) is 9.93. The average molecular weight is 757 g/mol. The van der Waals surface area contributed by atoms with Crippen molar-refractivity contribution in [2.45, 2.75) is 55.4 Å². The minimum atomic E-state index is -1.20. The van der Waals surface area contributed by atoms with Crippen LogP contribution in [0.4, 0.5) is 0 Å². The van der Waals surface area contributed by atoms with Gasteiger partial charge in [0.05, 0.1) is 39.6 Å². The van der Waals surface area contributed by atoms with Gasteiger partial charge in [-0.15, -0.1) is 0 Å². The lowest BCUT2D eigenvalue weighted by molar-refractivity contribution is 0.362. The molecule has 0 aliphatic rings. The molecule has 6 aromatic rings. The lowest BCUT2D eigenvalue weighted by Crippen LogP contribution is -2.28. The first kappa shape index (κ1) is 38.9. The number of hydrogen-bond donors (Lipinski definition) is 0. The van der Waals surface area contributed by atoms with Gasteiger partial charge in [0, 0.05) is 22.7 Å². The number of hydrogen-bond acceptors (Lipinski definition) is 6. The zero-order valence-electron chi connectivity index (χ0n) is 33.5. The minimum Gasteiger partial charge on any atom is -0.481 e. The molecule has 54 heavy (non-hydrogen) atoms. The summed E-state index contributed by atoms with van der Waals surface area (Å²) in [6, 6.07) is 31.5. The van der Waals surface area contributed by atoms with Crippen molar-refractivity contribution in [2.75, 3.05) is 28.4 Å². The molecular formula is C46H50N2O4P2. The Hall–Kier alpha value is -4.76. The van der Waals surface area contributed by atoms with Gasteiger partial charge in [-0.25, -0.2) is 0 Å². The molecule has 0 unspecified atom stereocenters. The topological polar surface area (TPSA) is 62.7 Å². The van der Waals surface area contributed by atoms with Crippen LogP contribution >= 0.6 is 15.8 Å². The second-order valence-corrected chi connectivity index (χ2v) is 18.6. The van der Waals surface area contributed by atoms with Crippen LogP contribution in [0.3, 0.4) is 0 Å². The molecule has 6 nitrogen and oxygen atoms in total. The first-order valence-electron chi connectivity index (χ1n) is 18.0. The number of benzene rings is 4. The van der Waals surface area contributed by atoms with Crippen LogP contribution in [0.5, 0.6) is 23.5 Å². The molecule has 0 saturated heterocycles. The Morgan fingerprint density at radius 3 is 0.778 bits per heavy atom. The van der Waals surface area contributed by atoms with Crippen molar-refractivity contribution in [1.82, 2.24) is 9.97 Å². The van der Waals surface area contributed by atoms with E-state index in [1.54, 1.807) is 28.4 Å². The van der Waals surface area contributed by atoms with Crippen LogP contribution in [0.2, 0.25) is 0 Å². The van der Waals surface area contributed by atoms with E-state index in [9.17, 15) is 0 Å². The van der Waals surface area contributed by atoms with E-state index in [0.717, 1.165) is 21.7 Å². The number of methoxy groups -OCH3 is 4. The van der Waals surface area contributed by atoms with Crippen molar-refractivity contribution in [1.29, 1.82) is 0 Å². The Balaban J connectivity index is 1.83. The molecule has 6 rings (SSSR count). The van der Waals surface area contributed by atoms with Crippen molar-refractivity contribution in [3.05, 3.63) is 129 Å². The Morgan fingerprint density at radius 2 is 0.574 bits per heavy atom. The molecule has 4 aromatic carbocycles. The van der Waals surface area contributed by atoms with Gasteiger partial charge < -0.3 is 18.9 Å². The van der Waals surface area contributed by atoms with Crippen LogP contribution in [0.25, 0.3) is 11.1 Å². The van der Waals surface area contributed by atoms with Crippen molar-refractivity contribution >= 4 is 47.7 Å². The smallest absolute Gasteiger partial charge is 0.225 e. The van der Waals surface area contributed by atoms with Gasteiger partial charge in [-0.1, -0.05) is 117 Å². The second kappa shape index (κ2) is 16.3. The predicted octanol–water partition coefficient (Wildman–Crippen LogP) is 8.16. The summed E-state index contributed by atoms with van der Waals surface area (Å²) in [5, 5.41) is 6.94. The first-order valence-corrected chi connectivity index (χ1v) is 20.7. The highest BCUT2D eigenvalue weighted by molar-refractivity contribution is 7.80. The van der Waals surface area contributed by atoms with Gasteiger partial charge in [-0.05, 0) is 92.5 Å². The third-order valence-electron chi connectivity index (χ3n) is 9.28. The van der Waals surface area contributed by atoms with Crippen LogP contribution in [-0.2, 0) is 0 Å². The van der Waals surface area contributed by atoms with Crippen molar-refractivity contribution < 1.29 is 18.9 Å². The summed E-state index contributed by atoms with van der Waals surface area (Å²) in [7, 11) is 4.26. The fraction of sp³-hybridized carbons (Fsp3) is 0.261. The SMILES string of the molecule is COc1cc(P(c2cc(C)cc(C)c2)c2cc(C)cc(C)c2)c(-c2c(P(c3cc(C)cc(C)c3)c3cc(C)cc(C)c3)cc(OC)nc2OC)c(OC)n1. The summed E-state index contributed by atoms with van der Waals surface area (Å²) in [6.45, 7) is 17.3. The summed E-state index contributed by atoms with van der Waals surface area (Å²) in [5.74, 6) is 1.82. The molecule has 0 aliphatic heterocycles. The van der Waals surface area contributed by atoms with Gasteiger partial charge in [-0.2, -0.15) is 9.97 Å². The maximum absolute atomic E-state index is 6.29. The van der Waals surface area contributed by atoms with E-state index < -0.39 is 15.8 Å². The summed E-state index contributed by atoms with van der Waals surface area (Å²) in [5.41, 5.74) is 11.3. The first-order chi connectivity index (χ1) is 25.8. The molecule has 0 atom stereocenters. The zero-order chi connectivity index (χ0) is 38.8. The van der Waals surface area contributed by atoms with Crippen LogP contribution < -0.4 is 50.8 Å². The van der Waals surface area contributed by atoms with Crippen molar-refractivity contribution in [2.24, 2.45) is 0 Å². The van der Waals surface area contributed by atoms with E-state index in [1.165, 1.54) is 65.7 Å². The number of pyridine rings is 2. The Kier molecular flexibility index (Phi) is 11.8. The van der Waals surface area contributed by atoms with Gasteiger partial charge in [0.1, 0.15) is 0 Å². The molecule has 2 heterocycles. The van der Waals surface area contributed by atoms with Crippen LogP contribution in [0.15, 0.2) is 84.9 Å². The standard InChI is InChI=1S/C46H50N2O4P2/c1-27-13-28(2)18-35(17-27)53(36-19-29(3)14-30(4)20-36)39-25-41(49-9)47-45(51-11)43(39)44-40(26-42(50-10)48-46(44)52-12)54(37-21-31(5)15-32(6)22-37)38-23-33(7)16-34(8)24-38/h13-26H,1-12H3. The molecule has 0 saturated carbocycles. The van der Waals surface area contributed by atoms with E-state index in [4.69, 9.17) is 28.9 Å². The number of ether oxygens (including phenoxy) is 4. The number of nitrogens with zero attached hydrogens (tertiary/aromatic N) is 2. The van der Waals surface area contributed by atoms with E-state index in [0.29, 0.717) is 23.5 Å². The lowest BCUT2D eigenvalue weighted by atomic mass is 10.1. The Labute approximate surface area is 323 Å². The third kappa shape index (κ3) is 8.16. The van der Waals surface area contributed by atoms with Crippen molar-refractivity contribution in [3.8, 4) is 34.6 Å². The fourth-order valence-corrected chi connectivity index (χ4v) is 13.2. The molecular weight excluding hydrogens is 706 g/mol. The summed E-state index contributed by atoms with van der Waals surface area (Å²) >= 11 is 0. The molecule has 0 amide bonds. The monoisotopic (exact) mass is 756 g/mol. The normalized spacial score (nSPS) is 11.3. The van der Waals surface area contributed by atoms with E-state index >= 15 is 0 Å². The molecule has 2 aromatic heterocycles. The van der Waals surface area contributed by atoms with E-state index in [-0.39, 0.29) is 0 Å². The highest BCUT2D eigenvalue weighted by atomic mass is 31.1. The largest absolute Gasteiger partial charge is 0.481 e. The van der Waals surface area contributed by atoms with Gasteiger partial charge in [0.15, 0.2) is 0 Å². The van der Waals surface area contributed by atoms with Gasteiger partial charge in [0.2, 0.25) is 23.5 Å². The maximum Gasteiger partial charge on any atom is 0.225 e. The Morgan fingerprint density at radius 1 is 0.333 bits per heavy atom. The molecule has 0 radical (unpaired) electrons. The molecule has 8 heteroatoms. The third-order valence-corrected chi connectivity index (χ3v) is 14.0. The number of aryl methyl sites for hydroxylation is 8. The molecule has 278 valence electrons. The molecule has 0 N–H and O–H groups in total. The average Bonchev–Trinajstić information content (AvgIpc) is 3.09. The van der Waals surface area contributed by atoms with Crippen LogP contribution in [0, 0.1) is 55.4 Å². The number of rotatable bonds is 11. The maximum atomic E-state index is 6.29. The Bertz CT molecular complexity index is 2010. The molecule has 0 spiro atoms. The predicted molar refractivity (Wildman–Crippen MR) is 229 cm³/mol. The lowest BCUT2D eigenvalue weighted by Gasteiger charge is -2.29. The quantitative estimate of drug-likeness (QED) is 0.125. The molecule has 0 bridgehead atoms. The summed E-state index contributed by atoms with van der Waals surface area (Å²) in [6.07, 6.45) is 0. The van der Waals surface area contributed by atoms with Crippen LogP contribution in [-0.4, -0.2) is 38.4 Å². The highest BCUT2D eigenvalue weighted by Gasteiger charge is 2.33. The minimum absolute atomic E-state index is 0.438. The molecule has 0 fully saturated rings. The number of aromatic nitrogens is 2. The van der Waals surface area contributed by atoms with Gasteiger partial charge in [0.25, 0.3) is 0 Å². The van der Waals surface area contributed by atoms with E-state index in [1.807, 2.05) is 0 Å². The second-order valence-electron chi connectivity index (χ2n) is 14.2. The summed E-state index contributed by atoms with van der Waals surface area (Å²) < 4.78 is 24.4. The van der Waals surface area contributed by atoms with Gasteiger partial charge >= 0.3 is 0 Å².